The lowest BCUT2D eigenvalue weighted by atomic mass is 10.0. The van der Waals surface area contributed by atoms with Crippen molar-refractivity contribution >= 4 is 12.2 Å². The molecule has 0 aliphatic rings. The quantitative estimate of drug-likeness (QED) is 0.585. The SMILES string of the molecule is CCCCCc1ccc(/C=C/[C@H](O)[C@@H](CO)NC(=O)OC(C)(C)C)cc1. The number of hydrogen-bond donors (Lipinski definition) is 3. The smallest absolute Gasteiger partial charge is 0.408 e. The zero-order chi connectivity index (χ0) is 19.6. The Morgan fingerprint density at radius 1 is 1.23 bits per heavy atom. The highest BCUT2D eigenvalue weighted by Crippen LogP contribution is 2.11. The van der Waals surface area contributed by atoms with Crippen LogP contribution in [-0.4, -0.2) is 40.7 Å². The van der Waals surface area contributed by atoms with E-state index in [0.29, 0.717) is 0 Å². The Labute approximate surface area is 157 Å². The van der Waals surface area contributed by atoms with Crippen LogP contribution in [0.2, 0.25) is 0 Å². The molecule has 0 saturated carbocycles. The zero-order valence-electron chi connectivity index (χ0n) is 16.4. The second-order valence-corrected chi connectivity index (χ2v) is 7.48. The number of carbonyl (C=O) groups excluding carboxylic acids is 1. The first kappa shape index (κ1) is 22.2. The standard InChI is InChI=1S/C21H33NO4/c1-5-6-7-8-16-9-11-17(12-10-16)13-14-19(24)18(15-23)22-20(25)26-21(2,3)4/h9-14,18-19,23-24H,5-8,15H2,1-4H3,(H,22,25)/b14-13+/t18-,19+/m1/s1. The molecule has 5 nitrogen and oxygen atoms in total. The minimum absolute atomic E-state index is 0.388. The molecule has 3 N–H and O–H groups in total. The van der Waals surface area contributed by atoms with Crippen molar-refractivity contribution in [3.8, 4) is 0 Å². The summed E-state index contributed by atoms with van der Waals surface area (Å²) in [7, 11) is 0. The van der Waals surface area contributed by atoms with Crippen LogP contribution >= 0.6 is 0 Å². The van der Waals surface area contributed by atoms with Gasteiger partial charge in [0.15, 0.2) is 0 Å². The molecule has 0 unspecified atom stereocenters. The minimum atomic E-state index is -1.02. The van der Waals surface area contributed by atoms with Crippen LogP contribution in [0.5, 0.6) is 0 Å². The van der Waals surface area contributed by atoms with E-state index in [1.807, 2.05) is 12.1 Å². The fraction of sp³-hybridized carbons (Fsp3) is 0.571. The molecule has 0 heterocycles. The molecule has 1 amide bonds. The van der Waals surface area contributed by atoms with E-state index < -0.39 is 23.8 Å². The van der Waals surface area contributed by atoms with Gasteiger partial charge in [-0.05, 0) is 44.7 Å². The molecule has 26 heavy (non-hydrogen) atoms. The first-order valence-corrected chi connectivity index (χ1v) is 9.30. The van der Waals surface area contributed by atoms with Crippen LogP contribution in [0.15, 0.2) is 30.3 Å². The third kappa shape index (κ3) is 9.02. The summed E-state index contributed by atoms with van der Waals surface area (Å²) in [5, 5.41) is 22.1. The maximum atomic E-state index is 11.8. The van der Waals surface area contributed by atoms with Gasteiger partial charge in [0.1, 0.15) is 5.60 Å². The predicted molar refractivity (Wildman–Crippen MR) is 105 cm³/mol. The number of amides is 1. The molecule has 0 aliphatic heterocycles. The summed E-state index contributed by atoms with van der Waals surface area (Å²) >= 11 is 0. The van der Waals surface area contributed by atoms with E-state index in [2.05, 4.69) is 24.4 Å². The number of carbonyl (C=O) groups is 1. The summed E-state index contributed by atoms with van der Waals surface area (Å²) in [4.78, 5) is 11.8. The number of hydrogen-bond acceptors (Lipinski definition) is 4. The van der Waals surface area contributed by atoms with Gasteiger partial charge < -0.3 is 20.3 Å². The molecular formula is C21H33NO4. The highest BCUT2D eigenvalue weighted by molar-refractivity contribution is 5.68. The molecule has 0 radical (unpaired) electrons. The van der Waals surface area contributed by atoms with E-state index >= 15 is 0 Å². The summed E-state index contributed by atoms with van der Waals surface area (Å²) < 4.78 is 5.14. The van der Waals surface area contributed by atoms with Crippen molar-refractivity contribution < 1.29 is 19.7 Å². The van der Waals surface area contributed by atoms with Gasteiger partial charge in [0.2, 0.25) is 0 Å². The van der Waals surface area contributed by atoms with E-state index in [9.17, 15) is 15.0 Å². The van der Waals surface area contributed by atoms with Gasteiger partial charge in [0.05, 0.1) is 18.8 Å². The molecule has 1 aromatic carbocycles. The second kappa shape index (κ2) is 11.0. The van der Waals surface area contributed by atoms with Crippen LogP contribution in [0.25, 0.3) is 6.08 Å². The zero-order valence-corrected chi connectivity index (χ0v) is 16.4. The van der Waals surface area contributed by atoms with Crippen molar-refractivity contribution in [1.29, 1.82) is 0 Å². The van der Waals surface area contributed by atoms with Crippen molar-refractivity contribution in [2.24, 2.45) is 0 Å². The number of benzene rings is 1. The normalized spacial score (nSPS) is 14.2. The van der Waals surface area contributed by atoms with Crippen LogP contribution in [0.4, 0.5) is 4.79 Å². The number of aliphatic hydroxyl groups excluding tert-OH is 2. The maximum Gasteiger partial charge on any atom is 0.408 e. The first-order chi connectivity index (χ1) is 12.2. The van der Waals surface area contributed by atoms with Gasteiger partial charge in [-0.2, -0.15) is 0 Å². The highest BCUT2D eigenvalue weighted by Gasteiger charge is 2.22. The molecule has 0 aromatic heterocycles. The average Bonchev–Trinajstić information content (AvgIpc) is 2.57. The minimum Gasteiger partial charge on any atom is -0.444 e. The number of aryl methyl sites for hydroxylation is 1. The molecule has 0 fully saturated rings. The van der Waals surface area contributed by atoms with E-state index in [4.69, 9.17) is 4.74 Å². The number of nitrogens with one attached hydrogen (secondary N) is 1. The summed E-state index contributed by atoms with van der Waals surface area (Å²) in [6, 6.07) is 7.35. The Morgan fingerprint density at radius 2 is 1.88 bits per heavy atom. The summed E-state index contributed by atoms with van der Waals surface area (Å²) in [5.74, 6) is 0. The van der Waals surface area contributed by atoms with Crippen LogP contribution in [0.3, 0.4) is 0 Å². The molecule has 2 atom stereocenters. The molecular weight excluding hydrogens is 330 g/mol. The van der Waals surface area contributed by atoms with Crippen LogP contribution in [0.1, 0.15) is 58.1 Å². The number of ether oxygens (including phenoxy) is 1. The highest BCUT2D eigenvalue weighted by atomic mass is 16.6. The number of alkyl carbamates (subject to hydrolysis) is 1. The largest absolute Gasteiger partial charge is 0.444 e. The Bertz CT molecular complexity index is 560. The lowest BCUT2D eigenvalue weighted by molar-refractivity contribution is 0.0406. The van der Waals surface area contributed by atoms with Gasteiger partial charge in [0, 0.05) is 0 Å². The monoisotopic (exact) mass is 363 g/mol. The third-order valence-corrected chi connectivity index (χ3v) is 3.85. The number of aliphatic hydroxyl groups is 2. The van der Waals surface area contributed by atoms with Gasteiger partial charge in [-0.25, -0.2) is 4.79 Å². The van der Waals surface area contributed by atoms with Crippen molar-refractivity contribution in [3.63, 3.8) is 0 Å². The molecule has 1 aromatic rings. The fourth-order valence-electron chi connectivity index (χ4n) is 2.42. The summed E-state index contributed by atoms with van der Waals surface area (Å²) in [6.07, 6.45) is 6.37. The molecule has 146 valence electrons. The molecule has 0 spiro atoms. The first-order valence-electron chi connectivity index (χ1n) is 9.30. The van der Waals surface area contributed by atoms with Crippen molar-refractivity contribution in [1.82, 2.24) is 5.32 Å². The predicted octanol–water partition coefficient (Wildman–Crippen LogP) is 3.68. The third-order valence-electron chi connectivity index (χ3n) is 3.85. The van der Waals surface area contributed by atoms with Crippen molar-refractivity contribution in [2.45, 2.75) is 71.1 Å². The van der Waals surface area contributed by atoms with Gasteiger partial charge >= 0.3 is 6.09 Å². The van der Waals surface area contributed by atoms with Crippen LogP contribution in [0, 0.1) is 0 Å². The number of unbranched alkanes of at least 4 members (excludes halogenated alkanes) is 2. The fourth-order valence-corrected chi connectivity index (χ4v) is 2.42. The van der Waals surface area contributed by atoms with Gasteiger partial charge in [0.25, 0.3) is 0 Å². The number of rotatable bonds is 9. The van der Waals surface area contributed by atoms with Crippen molar-refractivity contribution in [3.05, 3.63) is 41.5 Å². The maximum absolute atomic E-state index is 11.8. The van der Waals surface area contributed by atoms with E-state index in [1.165, 1.54) is 24.8 Å². The summed E-state index contributed by atoms with van der Waals surface area (Å²) in [6.45, 7) is 7.06. The summed E-state index contributed by atoms with van der Waals surface area (Å²) in [5.41, 5.74) is 1.62. The van der Waals surface area contributed by atoms with Gasteiger partial charge in [-0.1, -0.05) is 56.2 Å². The Morgan fingerprint density at radius 3 is 2.42 bits per heavy atom. The topological polar surface area (TPSA) is 78.8 Å². The van der Waals surface area contributed by atoms with Crippen LogP contribution in [-0.2, 0) is 11.2 Å². The average molecular weight is 363 g/mol. The van der Waals surface area contributed by atoms with Gasteiger partial charge in [-0.15, -0.1) is 0 Å². The van der Waals surface area contributed by atoms with Crippen molar-refractivity contribution in [2.75, 3.05) is 6.61 Å². The lowest BCUT2D eigenvalue weighted by Gasteiger charge is -2.24. The van der Waals surface area contributed by atoms with Crippen LogP contribution < -0.4 is 5.32 Å². The molecule has 1 rings (SSSR count). The van der Waals surface area contributed by atoms with E-state index in [-0.39, 0.29) is 6.61 Å². The van der Waals surface area contributed by atoms with Gasteiger partial charge in [-0.3, -0.25) is 0 Å². The van der Waals surface area contributed by atoms with E-state index in [0.717, 1.165) is 12.0 Å². The lowest BCUT2D eigenvalue weighted by Crippen LogP contribution is -2.46. The Balaban J connectivity index is 2.57. The van der Waals surface area contributed by atoms with E-state index in [1.54, 1.807) is 32.9 Å². The Kier molecular flexibility index (Phi) is 9.38. The molecule has 0 bridgehead atoms. The molecule has 0 aliphatic carbocycles. The molecule has 0 saturated heterocycles. The molecule has 5 heteroatoms. The second-order valence-electron chi connectivity index (χ2n) is 7.48. The Hall–Kier alpha value is -1.85.